The molecule has 2 aliphatic rings. The Labute approximate surface area is 207 Å². The van der Waals surface area contributed by atoms with E-state index in [0.717, 1.165) is 61.6 Å². The number of carbonyl (C=O) groups is 1. The number of nitrogens with one attached hydrogen (secondary N) is 1. The average Bonchev–Trinajstić information content (AvgIpc) is 3.16. The highest BCUT2D eigenvalue weighted by Crippen LogP contribution is 2.39. The van der Waals surface area contributed by atoms with E-state index in [2.05, 4.69) is 10.00 Å². The zero-order valence-electron chi connectivity index (χ0n) is 20.7. The van der Waals surface area contributed by atoms with Crippen LogP contribution in [0.3, 0.4) is 0 Å². The molecule has 1 heterocycles. The van der Waals surface area contributed by atoms with Gasteiger partial charge in [0.05, 0.1) is 12.1 Å². The summed E-state index contributed by atoms with van der Waals surface area (Å²) in [7, 11) is 0. The topological polar surface area (TPSA) is 46.9 Å². The van der Waals surface area contributed by atoms with E-state index >= 15 is 0 Å². The smallest absolute Gasteiger partial charge is 0.272 e. The Kier molecular flexibility index (Phi) is 7.31. The van der Waals surface area contributed by atoms with Gasteiger partial charge in [0.25, 0.3) is 5.91 Å². The molecule has 2 atom stereocenters. The summed E-state index contributed by atoms with van der Waals surface area (Å²) in [5.74, 6) is 0.0177. The van der Waals surface area contributed by atoms with E-state index in [1.807, 2.05) is 49.4 Å². The Bertz CT molecular complexity index is 1130. The molecular formula is C30H36FN3O. The van der Waals surface area contributed by atoms with Crippen LogP contribution in [0.2, 0.25) is 0 Å². The fourth-order valence-corrected chi connectivity index (χ4v) is 5.97. The standard InChI is InChI=1S/C30H36FN3O/c1-21(23-10-4-2-5-11-23)32-30(35)28-27-15-9-8-12-24(20-22-16-18-25(31)19-17-22)29(27)34(33-28)26-13-6-3-7-14-26/h2,4-5,10-11,16-19,21,24,26H,3,6-9,12-15,20H2,1H3,(H,32,35)/t21-,24?/m1/s1. The lowest BCUT2D eigenvalue weighted by atomic mass is 9.89. The number of hydrogen-bond acceptors (Lipinski definition) is 2. The SMILES string of the molecule is C[C@@H](NC(=O)c1nn(C2CCCCC2)c2c1CCCCC2Cc1ccc(F)cc1)c1ccccc1. The van der Waals surface area contributed by atoms with E-state index < -0.39 is 0 Å². The van der Waals surface area contributed by atoms with Crippen LogP contribution < -0.4 is 5.32 Å². The maximum absolute atomic E-state index is 13.6. The summed E-state index contributed by atoms with van der Waals surface area (Å²) in [5, 5.41) is 8.27. The second-order valence-corrected chi connectivity index (χ2v) is 10.3. The largest absolute Gasteiger partial charge is 0.344 e. The maximum atomic E-state index is 13.6. The summed E-state index contributed by atoms with van der Waals surface area (Å²) < 4.78 is 15.8. The molecule has 3 aromatic rings. The number of rotatable bonds is 6. The zero-order chi connectivity index (χ0) is 24.2. The molecule has 1 N–H and O–H groups in total. The monoisotopic (exact) mass is 473 g/mol. The van der Waals surface area contributed by atoms with Crippen molar-refractivity contribution in [1.29, 1.82) is 0 Å². The molecule has 0 aliphatic heterocycles. The number of amides is 1. The van der Waals surface area contributed by atoms with Crippen LogP contribution in [0.15, 0.2) is 54.6 Å². The molecule has 5 heteroatoms. The summed E-state index contributed by atoms with van der Waals surface area (Å²) in [4.78, 5) is 13.6. The van der Waals surface area contributed by atoms with Crippen LogP contribution in [-0.2, 0) is 12.8 Å². The van der Waals surface area contributed by atoms with Gasteiger partial charge in [-0.05, 0) is 68.7 Å². The van der Waals surface area contributed by atoms with Gasteiger partial charge in [-0.15, -0.1) is 0 Å². The first kappa shape index (κ1) is 23.8. The van der Waals surface area contributed by atoms with Gasteiger partial charge in [0.1, 0.15) is 5.82 Å². The van der Waals surface area contributed by atoms with Crippen molar-refractivity contribution in [3.05, 3.63) is 88.5 Å². The number of halogens is 1. The Morgan fingerprint density at radius 3 is 2.46 bits per heavy atom. The number of carbonyl (C=O) groups excluding carboxylic acids is 1. The first-order chi connectivity index (χ1) is 17.1. The predicted molar refractivity (Wildman–Crippen MR) is 137 cm³/mol. The number of hydrogen-bond donors (Lipinski definition) is 1. The highest BCUT2D eigenvalue weighted by Gasteiger charge is 2.33. The van der Waals surface area contributed by atoms with Crippen LogP contribution in [0.1, 0.15) is 109 Å². The van der Waals surface area contributed by atoms with Crippen molar-refractivity contribution in [2.24, 2.45) is 0 Å². The van der Waals surface area contributed by atoms with Crippen molar-refractivity contribution in [1.82, 2.24) is 15.1 Å². The molecule has 1 fully saturated rings. The van der Waals surface area contributed by atoms with E-state index in [1.165, 1.54) is 25.0 Å². The molecule has 0 bridgehead atoms. The lowest BCUT2D eigenvalue weighted by Gasteiger charge is -2.27. The molecule has 1 saturated carbocycles. The fourth-order valence-electron chi connectivity index (χ4n) is 5.97. The molecule has 1 amide bonds. The van der Waals surface area contributed by atoms with Crippen LogP contribution in [0.5, 0.6) is 0 Å². The molecule has 1 unspecified atom stereocenters. The van der Waals surface area contributed by atoms with E-state index in [1.54, 1.807) is 12.1 Å². The summed E-state index contributed by atoms with van der Waals surface area (Å²) in [6.45, 7) is 2.03. The van der Waals surface area contributed by atoms with Crippen LogP contribution in [0.25, 0.3) is 0 Å². The molecule has 2 aromatic carbocycles. The zero-order valence-corrected chi connectivity index (χ0v) is 20.7. The third-order valence-electron chi connectivity index (χ3n) is 7.84. The Morgan fingerprint density at radius 2 is 1.71 bits per heavy atom. The van der Waals surface area contributed by atoms with Crippen molar-refractivity contribution in [3.8, 4) is 0 Å². The van der Waals surface area contributed by atoms with E-state index in [0.29, 0.717) is 17.7 Å². The first-order valence-electron chi connectivity index (χ1n) is 13.3. The Morgan fingerprint density at radius 1 is 1.00 bits per heavy atom. The maximum Gasteiger partial charge on any atom is 0.272 e. The normalized spacial score (nSPS) is 19.5. The van der Waals surface area contributed by atoms with Crippen molar-refractivity contribution < 1.29 is 9.18 Å². The van der Waals surface area contributed by atoms with Gasteiger partial charge < -0.3 is 5.32 Å². The molecule has 0 spiro atoms. The summed E-state index contributed by atoms with van der Waals surface area (Å²) in [5.41, 5.74) is 5.24. The minimum absolute atomic E-state index is 0.0744. The van der Waals surface area contributed by atoms with Crippen LogP contribution in [0, 0.1) is 5.82 Å². The van der Waals surface area contributed by atoms with E-state index in [9.17, 15) is 9.18 Å². The van der Waals surface area contributed by atoms with Crippen LogP contribution in [-0.4, -0.2) is 15.7 Å². The van der Waals surface area contributed by atoms with E-state index in [-0.39, 0.29) is 17.8 Å². The first-order valence-corrected chi connectivity index (χ1v) is 13.3. The average molecular weight is 474 g/mol. The van der Waals surface area contributed by atoms with Gasteiger partial charge in [0.2, 0.25) is 0 Å². The molecule has 0 saturated heterocycles. The fraction of sp³-hybridized carbons (Fsp3) is 0.467. The number of benzene rings is 2. The predicted octanol–water partition coefficient (Wildman–Crippen LogP) is 7.07. The van der Waals surface area contributed by atoms with Crippen molar-refractivity contribution in [2.75, 3.05) is 0 Å². The minimum atomic E-state index is -0.200. The van der Waals surface area contributed by atoms with Crippen molar-refractivity contribution >= 4 is 5.91 Å². The van der Waals surface area contributed by atoms with Gasteiger partial charge in [-0.25, -0.2) is 4.39 Å². The highest BCUT2D eigenvalue weighted by atomic mass is 19.1. The molecule has 35 heavy (non-hydrogen) atoms. The second-order valence-electron chi connectivity index (χ2n) is 10.3. The van der Waals surface area contributed by atoms with Gasteiger partial charge in [0.15, 0.2) is 5.69 Å². The van der Waals surface area contributed by atoms with Gasteiger partial charge in [0, 0.05) is 17.2 Å². The number of aromatic nitrogens is 2. The van der Waals surface area contributed by atoms with Gasteiger partial charge in [-0.2, -0.15) is 5.10 Å². The number of fused-ring (bicyclic) bond motifs is 1. The molecule has 184 valence electrons. The third kappa shape index (κ3) is 5.34. The Hall–Kier alpha value is -2.95. The molecule has 0 radical (unpaired) electrons. The lowest BCUT2D eigenvalue weighted by molar-refractivity contribution is 0.0932. The second kappa shape index (κ2) is 10.8. The van der Waals surface area contributed by atoms with Crippen molar-refractivity contribution in [3.63, 3.8) is 0 Å². The quantitative estimate of drug-likeness (QED) is 0.389. The number of nitrogens with zero attached hydrogens (tertiary/aromatic N) is 2. The molecule has 1 aromatic heterocycles. The van der Waals surface area contributed by atoms with Gasteiger partial charge in [-0.1, -0.05) is 68.1 Å². The molecule has 2 aliphatic carbocycles. The van der Waals surface area contributed by atoms with Gasteiger partial charge in [-0.3, -0.25) is 9.48 Å². The van der Waals surface area contributed by atoms with Crippen LogP contribution >= 0.6 is 0 Å². The molecule has 5 rings (SSSR count). The Balaban J connectivity index is 1.50. The summed E-state index contributed by atoms with van der Waals surface area (Å²) in [6.07, 6.45) is 11.0. The minimum Gasteiger partial charge on any atom is -0.344 e. The lowest BCUT2D eigenvalue weighted by Crippen LogP contribution is -2.28. The summed E-state index contributed by atoms with van der Waals surface area (Å²) in [6, 6.07) is 17.3. The van der Waals surface area contributed by atoms with Crippen LogP contribution in [0.4, 0.5) is 4.39 Å². The molecular weight excluding hydrogens is 437 g/mol. The van der Waals surface area contributed by atoms with E-state index in [4.69, 9.17) is 5.10 Å². The molecule has 4 nitrogen and oxygen atoms in total. The third-order valence-corrected chi connectivity index (χ3v) is 7.84. The highest BCUT2D eigenvalue weighted by molar-refractivity contribution is 5.94. The van der Waals surface area contributed by atoms with Crippen molar-refractivity contribution in [2.45, 2.75) is 89.1 Å². The van der Waals surface area contributed by atoms with Gasteiger partial charge >= 0.3 is 0 Å². The summed E-state index contributed by atoms with van der Waals surface area (Å²) >= 11 is 0.